The highest BCUT2D eigenvalue weighted by Crippen LogP contribution is 2.25. The fraction of sp³-hybridized carbons (Fsp3) is 0.500. The lowest BCUT2D eigenvalue weighted by Crippen LogP contribution is -2.40. The number of hydrogen-bond donors (Lipinski definition) is 2. The summed E-state index contributed by atoms with van der Waals surface area (Å²) in [7, 11) is 0. The summed E-state index contributed by atoms with van der Waals surface area (Å²) < 4.78 is 0. The van der Waals surface area contributed by atoms with E-state index in [1.54, 1.807) is 17.0 Å². The van der Waals surface area contributed by atoms with Crippen LogP contribution >= 0.6 is 0 Å². The summed E-state index contributed by atoms with van der Waals surface area (Å²) in [5, 5.41) is 18.3. The number of phenolic OH excluding ortho intramolecular Hbond substituents is 1. The standard InChI is InChI=1S/C14H19NO3/c16-10-9-15(12-3-1-2-4-12)14(18)11-5-7-13(17)8-6-11/h5-8,12,16-17H,1-4,9-10H2. The van der Waals surface area contributed by atoms with Crippen molar-refractivity contribution in [1.82, 2.24) is 4.90 Å². The number of aliphatic hydroxyl groups is 1. The lowest BCUT2D eigenvalue weighted by Gasteiger charge is -2.28. The summed E-state index contributed by atoms with van der Waals surface area (Å²) in [5.41, 5.74) is 0.563. The first-order valence-corrected chi connectivity index (χ1v) is 6.43. The van der Waals surface area contributed by atoms with E-state index < -0.39 is 0 Å². The van der Waals surface area contributed by atoms with Crippen molar-refractivity contribution in [3.05, 3.63) is 29.8 Å². The Morgan fingerprint density at radius 3 is 2.39 bits per heavy atom. The molecule has 0 radical (unpaired) electrons. The van der Waals surface area contributed by atoms with E-state index >= 15 is 0 Å². The van der Waals surface area contributed by atoms with Crippen molar-refractivity contribution in [1.29, 1.82) is 0 Å². The zero-order chi connectivity index (χ0) is 13.0. The molecule has 1 saturated carbocycles. The van der Waals surface area contributed by atoms with E-state index in [0.29, 0.717) is 12.1 Å². The van der Waals surface area contributed by atoms with Crippen LogP contribution < -0.4 is 0 Å². The molecular weight excluding hydrogens is 230 g/mol. The van der Waals surface area contributed by atoms with Gasteiger partial charge in [-0.05, 0) is 37.1 Å². The average molecular weight is 249 g/mol. The molecule has 0 bridgehead atoms. The number of nitrogens with zero attached hydrogens (tertiary/aromatic N) is 1. The van der Waals surface area contributed by atoms with Crippen LogP contribution in [0.25, 0.3) is 0 Å². The molecule has 4 nitrogen and oxygen atoms in total. The number of carbonyl (C=O) groups excluding carboxylic acids is 1. The van der Waals surface area contributed by atoms with Crippen LogP contribution in [0.4, 0.5) is 0 Å². The number of hydrogen-bond acceptors (Lipinski definition) is 3. The highest BCUT2D eigenvalue weighted by molar-refractivity contribution is 5.94. The monoisotopic (exact) mass is 249 g/mol. The van der Waals surface area contributed by atoms with Crippen molar-refractivity contribution < 1.29 is 15.0 Å². The number of amides is 1. The van der Waals surface area contributed by atoms with Crippen LogP contribution in [0, 0.1) is 0 Å². The summed E-state index contributed by atoms with van der Waals surface area (Å²) in [5.74, 6) is 0.0945. The Balaban J connectivity index is 2.14. The second-order valence-electron chi connectivity index (χ2n) is 4.71. The van der Waals surface area contributed by atoms with Crippen LogP contribution in [0.5, 0.6) is 5.75 Å². The van der Waals surface area contributed by atoms with Gasteiger partial charge in [0.05, 0.1) is 6.61 Å². The normalized spacial score (nSPS) is 15.8. The largest absolute Gasteiger partial charge is 0.508 e. The number of benzene rings is 1. The molecule has 1 fully saturated rings. The highest BCUT2D eigenvalue weighted by Gasteiger charge is 2.26. The van der Waals surface area contributed by atoms with E-state index in [-0.39, 0.29) is 24.3 Å². The Kier molecular flexibility index (Phi) is 4.20. The van der Waals surface area contributed by atoms with Gasteiger partial charge >= 0.3 is 0 Å². The molecule has 1 aliphatic carbocycles. The minimum absolute atomic E-state index is 0.0136. The predicted molar refractivity (Wildman–Crippen MR) is 68.5 cm³/mol. The minimum Gasteiger partial charge on any atom is -0.508 e. The fourth-order valence-corrected chi connectivity index (χ4v) is 2.54. The van der Waals surface area contributed by atoms with Crippen molar-refractivity contribution in [2.75, 3.05) is 13.2 Å². The number of carbonyl (C=O) groups is 1. The number of aromatic hydroxyl groups is 1. The Bertz CT molecular complexity index is 396. The lowest BCUT2D eigenvalue weighted by atomic mass is 10.1. The Morgan fingerprint density at radius 2 is 1.83 bits per heavy atom. The summed E-state index contributed by atoms with van der Waals surface area (Å²) in [4.78, 5) is 14.1. The second-order valence-corrected chi connectivity index (χ2v) is 4.71. The first-order valence-electron chi connectivity index (χ1n) is 6.43. The van der Waals surface area contributed by atoms with Crippen LogP contribution in [0.1, 0.15) is 36.0 Å². The number of aliphatic hydroxyl groups excluding tert-OH is 1. The van der Waals surface area contributed by atoms with E-state index in [9.17, 15) is 9.90 Å². The predicted octanol–water partition coefficient (Wildman–Crippen LogP) is 1.77. The molecule has 1 aliphatic rings. The van der Waals surface area contributed by atoms with E-state index in [2.05, 4.69) is 0 Å². The van der Waals surface area contributed by atoms with Gasteiger partial charge in [-0.25, -0.2) is 0 Å². The molecule has 2 N–H and O–H groups in total. The first-order chi connectivity index (χ1) is 8.72. The SMILES string of the molecule is O=C(c1ccc(O)cc1)N(CCO)C1CCCC1. The van der Waals surface area contributed by atoms with Gasteiger partial charge < -0.3 is 15.1 Å². The Hall–Kier alpha value is -1.55. The van der Waals surface area contributed by atoms with Gasteiger partial charge in [0, 0.05) is 18.2 Å². The van der Waals surface area contributed by atoms with Crippen molar-refractivity contribution in [3.63, 3.8) is 0 Å². The molecule has 0 aromatic heterocycles. The first kappa shape index (κ1) is 12.9. The summed E-state index contributed by atoms with van der Waals surface area (Å²) in [6.45, 7) is 0.366. The van der Waals surface area contributed by atoms with Crippen LogP contribution in [0.15, 0.2) is 24.3 Å². The summed E-state index contributed by atoms with van der Waals surface area (Å²) in [6.07, 6.45) is 4.33. The summed E-state index contributed by atoms with van der Waals surface area (Å²) in [6, 6.07) is 6.52. The molecule has 0 atom stereocenters. The van der Waals surface area contributed by atoms with Crippen molar-refractivity contribution in [2.45, 2.75) is 31.7 Å². The molecule has 98 valence electrons. The molecule has 0 spiro atoms. The molecule has 1 aromatic rings. The quantitative estimate of drug-likeness (QED) is 0.855. The van der Waals surface area contributed by atoms with Crippen LogP contribution in [-0.2, 0) is 0 Å². The number of rotatable bonds is 4. The molecule has 2 rings (SSSR count). The third kappa shape index (κ3) is 2.82. The molecule has 4 heteroatoms. The van der Waals surface area contributed by atoms with E-state index in [4.69, 9.17) is 5.11 Å². The second kappa shape index (κ2) is 5.87. The molecular formula is C14H19NO3. The zero-order valence-corrected chi connectivity index (χ0v) is 10.4. The van der Waals surface area contributed by atoms with E-state index in [0.717, 1.165) is 25.7 Å². The highest BCUT2D eigenvalue weighted by atomic mass is 16.3. The fourth-order valence-electron chi connectivity index (χ4n) is 2.54. The molecule has 0 heterocycles. The van der Waals surface area contributed by atoms with Crippen molar-refractivity contribution >= 4 is 5.91 Å². The molecule has 18 heavy (non-hydrogen) atoms. The Labute approximate surface area is 107 Å². The molecule has 0 unspecified atom stereocenters. The van der Waals surface area contributed by atoms with E-state index in [1.165, 1.54) is 12.1 Å². The maximum Gasteiger partial charge on any atom is 0.254 e. The van der Waals surface area contributed by atoms with Crippen LogP contribution in [0.2, 0.25) is 0 Å². The minimum atomic E-state index is -0.0593. The van der Waals surface area contributed by atoms with Gasteiger partial charge in [0.15, 0.2) is 0 Å². The smallest absolute Gasteiger partial charge is 0.254 e. The van der Waals surface area contributed by atoms with Crippen LogP contribution in [-0.4, -0.2) is 40.2 Å². The Morgan fingerprint density at radius 1 is 1.22 bits per heavy atom. The number of phenols is 1. The summed E-state index contributed by atoms with van der Waals surface area (Å²) >= 11 is 0. The molecule has 0 saturated heterocycles. The van der Waals surface area contributed by atoms with Gasteiger partial charge in [-0.3, -0.25) is 4.79 Å². The van der Waals surface area contributed by atoms with Crippen molar-refractivity contribution in [2.24, 2.45) is 0 Å². The third-order valence-corrected chi connectivity index (χ3v) is 3.48. The molecule has 1 aromatic carbocycles. The van der Waals surface area contributed by atoms with Gasteiger partial charge in [0.25, 0.3) is 5.91 Å². The third-order valence-electron chi connectivity index (χ3n) is 3.48. The van der Waals surface area contributed by atoms with Crippen LogP contribution in [0.3, 0.4) is 0 Å². The maximum atomic E-state index is 12.4. The van der Waals surface area contributed by atoms with Gasteiger partial charge in [-0.15, -0.1) is 0 Å². The van der Waals surface area contributed by atoms with Gasteiger partial charge in [0.2, 0.25) is 0 Å². The van der Waals surface area contributed by atoms with Gasteiger partial charge in [-0.1, -0.05) is 12.8 Å². The maximum absolute atomic E-state index is 12.4. The lowest BCUT2D eigenvalue weighted by molar-refractivity contribution is 0.0638. The van der Waals surface area contributed by atoms with E-state index in [1.807, 2.05) is 0 Å². The van der Waals surface area contributed by atoms with Gasteiger partial charge in [0.1, 0.15) is 5.75 Å². The van der Waals surface area contributed by atoms with Gasteiger partial charge in [-0.2, -0.15) is 0 Å². The topological polar surface area (TPSA) is 60.8 Å². The van der Waals surface area contributed by atoms with Crippen molar-refractivity contribution in [3.8, 4) is 5.75 Å². The zero-order valence-electron chi connectivity index (χ0n) is 10.4. The molecule has 0 aliphatic heterocycles. The molecule has 1 amide bonds. The average Bonchev–Trinajstić information content (AvgIpc) is 2.90.